The summed E-state index contributed by atoms with van der Waals surface area (Å²) in [7, 11) is 0. The third-order valence-corrected chi connectivity index (χ3v) is 5.82. The summed E-state index contributed by atoms with van der Waals surface area (Å²) in [5.41, 5.74) is 4.65. The fourth-order valence-electron chi connectivity index (χ4n) is 4.60. The molecule has 2 fully saturated rings. The minimum atomic E-state index is -0.415. The molecule has 0 aromatic heterocycles. The van der Waals surface area contributed by atoms with Crippen LogP contribution in [-0.4, -0.2) is 12.6 Å². The molecule has 0 amide bonds. The van der Waals surface area contributed by atoms with E-state index in [9.17, 15) is 9.59 Å². The van der Waals surface area contributed by atoms with Gasteiger partial charge in [-0.3, -0.25) is 12.6 Å². The van der Waals surface area contributed by atoms with E-state index in [1.54, 1.807) is 0 Å². The van der Waals surface area contributed by atoms with Crippen molar-refractivity contribution in [2.75, 3.05) is 0 Å². The Morgan fingerprint density at radius 1 is 0.425 bits per heavy atom. The van der Waals surface area contributed by atoms with Crippen molar-refractivity contribution in [3.05, 3.63) is 162 Å². The summed E-state index contributed by atoms with van der Waals surface area (Å²) in [5.74, 6) is -0.947. The van der Waals surface area contributed by atoms with Gasteiger partial charge in [-0.1, -0.05) is 48.5 Å². The van der Waals surface area contributed by atoms with Crippen molar-refractivity contribution in [1.82, 2.24) is 0 Å². The van der Waals surface area contributed by atoms with E-state index in [0.29, 0.717) is 0 Å². The molecule has 0 aliphatic heterocycles. The molecule has 5 aliphatic rings. The van der Waals surface area contributed by atoms with Gasteiger partial charge in [-0.25, -0.2) is 0 Å². The van der Waals surface area contributed by atoms with Crippen molar-refractivity contribution in [1.29, 1.82) is 0 Å². The molecule has 0 heterocycles. The van der Waals surface area contributed by atoms with Crippen LogP contribution in [0.1, 0.15) is 34.1 Å². The zero-order chi connectivity index (χ0) is 28.8. The van der Waals surface area contributed by atoms with Gasteiger partial charge in [-0.2, -0.15) is 0 Å². The zero-order valence-corrected chi connectivity index (χ0v) is 23.1. The first kappa shape index (κ1) is 42.2. The first-order valence-electron chi connectivity index (χ1n) is 10.9. The summed E-state index contributed by atoms with van der Waals surface area (Å²) < 4.78 is 30.0. The topological polar surface area (TPSA) is 114 Å². The monoisotopic (exact) mass is 614 g/mol. The second-order valence-electron chi connectivity index (χ2n) is 7.42. The molecule has 7 rings (SSSR count). The summed E-state index contributed by atoms with van der Waals surface area (Å²) in [6.07, 6.45) is 24.2. The fourth-order valence-corrected chi connectivity index (χ4v) is 4.60. The number of rotatable bonds is 2. The van der Waals surface area contributed by atoms with Gasteiger partial charge < -0.3 is 9.59 Å². The largest absolute Gasteiger partial charge is 2.00 e. The Labute approximate surface area is 259 Å². The number of hydrogen-bond donors (Lipinski definition) is 0. The van der Waals surface area contributed by atoms with Gasteiger partial charge in [0.05, 0.1) is 0 Å². The molecule has 2 aromatic rings. The van der Waals surface area contributed by atoms with Gasteiger partial charge in [0.25, 0.3) is 0 Å². The molecular formula is C32H22Fe2O6+2. The van der Waals surface area contributed by atoms with Crippen LogP contribution in [0.2, 0.25) is 0 Å². The quantitative estimate of drug-likeness (QED) is 0.280. The van der Waals surface area contributed by atoms with Crippen molar-refractivity contribution >= 4 is 12.6 Å². The SMILES string of the molecule is O=[C-][C@@H]1C2c3ccccc3C(c3ccccc32)[C@H]1[C-]=O.[C-]#[O+].[C-]#[O+].[C-]#[O+].[C-]#[O+].[CH]1[CH][CH][CH][CH]1.[CH]1[CH][CH][CH][CH]1.[Fe+2].[Fe+2]. The van der Waals surface area contributed by atoms with Gasteiger partial charge in [-0.15, -0.1) is 11.8 Å². The van der Waals surface area contributed by atoms with Crippen LogP contribution in [0.15, 0.2) is 48.5 Å². The molecule has 0 N–H and O–H groups in total. The van der Waals surface area contributed by atoms with E-state index in [1.807, 2.05) is 88.5 Å². The van der Waals surface area contributed by atoms with Crippen LogP contribution >= 0.6 is 0 Å². The van der Waals surface area contributed by atoms with E-state index in [-0.39, 0.29) is 46.0 Å². The zero-order valence-electron chi connectivity index (χ0n) is 20.9. The van der Waals surface area contributed by atoms with Crippen molar-refractivity contribution in [2.24, 2.45) is 11.8 Å². The Morgan fingerprint density at radius 2 is 0.600 bits per heavy atom. The van der Waals surface area contributed by atoms with E-state index in [1.165, 1.54) is 0 Å². The minimum absolute atomic E-state index is 0. The molecule has 2 aromatic carbocycles. The molecular weight excluding hydrogens is 592 g/mol. The van der Waals surface area contributed by atoms with Crippen LogP contribution in [0.25, 0.3) is 0 Å². The third-order valence-electron chi connectivity index (χ3n) is 5.82. The Kier molecular flexibility index (Phi) is 28.5. The van der Waals surface area contributed by atoms with Gasteiger partial charge in [-0.05, 0) is 98.3 Å². The van der Waals surface area contributed by atoms with Gasteiger partial charge >= 0.3 is 79.3 Å². The predicted molar refractivity (Wildman–Crippen MR) is 134 cm³/mol. The molecule has 2 saturated carbocycles. The first-order chi connectivity index (χ1) is 18.9. The van der Waals surface area contributed by atoms with Crippen LogP contribution in [0.5, 0.6) is 0 Å². The van der Waals surface area contributed by atoms with Gasteiger partial charge in [0.2, 0.25) is 0 Å². The molecule has 8 heteroatoms. The van der Waals surface area contributed by atoms with E-state index in [4.69, 9.17) is 18.6 Å². The number of fused-ring (bicyclic) bond motifs is 1. The number of carbonyl (C=O) groups excluding carboxylic acids is 2. The van der Waals surface area contributed by atoms with Crippen molar-refractivity contribution in [3.63, 3.8) is 0 Å². The summed E-state index contributed by atoms with van der Waals surface area (Å²) in [4.78, 5) is 22.9. The van der Waals surface area contributed by atoms with E-state index in [2.05, 4.69) is 63.4 Å². The molecule has 0 unspecified atom stereocenters. The Hall–Kier alpha value is -2.22. The molecule has 0 saturated heterocycles. The smallest absolute Gasteiger partial charge is 0.0312 e. The average molecular weight is 614 g/mol. The molecule has 40 heavy (non-hydrogen) atoms. The van der Waals surface area contributed by atoms with Gasteiger partial charge in [0, 0.05) is 0 Å². The average Bonchev–Trinajstić information content (AvgIpc) is 3.81. The number of benzene rings is 2. The molecule has 2 bridgehead atoms. The maximum atomic E-state index is 11.4. The van der Waals surface area contributed by atoms with Crippen LogP contribution < -0.4 is 0 Å². The van der Waals surface area contributed by atoms with Crippen LogP contribution in [0.4, 0.5) is 0 Å². The normalized spacial score (nSPS) is 20.9. The van der Waals surface area contributed by atoms with Crippen LogP contribution in [-0.2, 0) is 62.3 Å². The van der Waals surface area contributed by atoms with Crippen LogP contribution in [0.3, 0.4) is 0 Å². The molecule has 200 valence electrons. The standard InChI is InChI=1S/C18H12O2.2C5H5.4CO.2Fe/c19-9-15-16(10-20)18-12-6-2-1-5-11(12)17(15)13-7-3-4-8-14(13)18;2*1-2-4-5-3-1;4*1-2;;/h1-8,15-18H;2*1-5H;;;;;;/q-2;;;;;;;2*+2/t15-,16-,17?,18?;;;;;;;;/m0......../s1. The van der Waals surface area contributed by atoms with Crippen molar-refractivity contribution < 1.29 is 62.3 Å². The summed E-state index contributed by atoms with van der Waals surface area (Å²) in [5, 5.41) is 0. The fraction of sp³-hybridized carbons (Fsp3) is 0.125. The molecule has 6 nitrogen and oxygen atoms in total. The first-order valence-corrected chi connectivity index (χ1v) is 10.9. The maximum absolute atomic E-state index is 11.4. The van der Waals surface area contributed by atoms with E-state index < -0.39 is 11.8 Å². The third kappa shape index (κ3) is 11.3. The van der Waals surface area contributed by atoms with E-state index >= 15 is 0 Å². The Morgan fingerprint density at radius 3 is 0.750 bits per heavy atom. The Balaban J connectivity index is -0.000000570. The van der Waals surface area contributed by atoms with Gasteiger partial charge in [0.15, 0.2) is 0 Å². The maximum Gasteiger partial charge on any atom is 2.00 e. The minimum Gasteiger partial charge on any atom is -0.0312 e. The Bertz CT molecular complexity index is 881. The summed E-state index contributed by atoms with van der Waals surface area (Å²) >= 11 is 0. The molecule has 2 atom stereocenters. The second-order valence-corrected chi connectivity index (χ2v) is 7.42. The van der Waals surface area contributed by atoms with E-state index in [0.717, 1.165) is 22.3 Å². The van der Waals surface area contributed by atoms with Crippen molar-refractivity contribution in [2.45, 2.75) is 11.8 Å². The summed E-state index contributed by atoms with van der Waals surface area (Å²) in [6.45, 7) is 18.0. The van der Waals surface area contributed by atoms with Crippen LogP contribution in [0, 0.1) is 103 Å². The molecule has 5 aliphatic carbocycles. The predicted octanol–water partition coefficient (Wildman–Crippen LogP) is 4.62. The molecule has 0 spiro atoms. The van der Waals surface area contributed by atoms with Crippen molar-refractivity contribution in [3.8, 4) is 0 Å². The molecule has 10 radical (unpaired) electrons. The number of hydrogen-bond acceptors (Lipinski definition) is 2. The second kappa shape index (κ2) is 27.0. The summed E-state index contributed by atoms with van der Waals surface area (Å²) in [6, 6.07) is 16.2. The van der Waals surface area contributed by atoms with Gasteiger partial charge in [0.1, 0.15) is 0 Å².